The molecule has 0 bridgehead atoms. The average Bonchev–Trinajstić information content (AvgIpc) is 3.37. The summed E-state index contributed by atoms with van der Waals surface area (Å²) in [6.07, 6.45) is 6.05. The maximum absolute atomic E-state index is 4.67. The van der Waals surface area contributed by atoms with Gasteiger partial charge < -0.3 is 15.1 Å². The van der Waals surface area contributed by atoms with Crippen LogP contribution in [-0.2, 0) is 0 Å². The average molecular weight is 497 g/mol. The van der Waals surface area contributed by atoms with Crippen LogP contribution in [0, 0.1) is 13.8 Å². The number of hydrogen-bond acceptors (Lipinski definition) is 7. The first-order valence-corrected chi connectivity index (χ1v) is 13.4. The Labute approximate surface area is 218 Å². The maximum Gasteiger partial charge on any atom is 0.168 e. The lowest BCUT2D eigenvalue weighted by Crippen LogP contribution is -2.53. The minimum Gasteiger partial charge on any atom is -0.369 e. The highest BCUT2D eigenvalue weighted by molar-refractivity contribution is 5.89. The molecule has 6 rings (SSSR count). The zero-order chi connectivity index (χ0) is 25.4. The SMILES string of the molecule is Cc1cccc(C)c1Nc1ncnc2c1cnn2-c1ccc(N2CCN(C3CCN(C)CC3)CC2)cc1. The molecule has 0 aliphatic carbocycles. The number of likely N-dealkylation sites (tertiary alicyclic amines) is 1. The Hall–Kier alpha value is -3.49. The van der Waals surface area contributed by atoms with E-state index >= 15 is 0 Å². The fourth-order valence-corrected chi connectivity index (χ4v) is 5.77. The van der Waals surface area contributed by atoms with Crippen LogP contribution in [0.5, 0.6) is 0 Å². The molecule has 2 aromatic heterocycles. The van der Waals surface area contributed by atoms with Gasteiger partial charge in [0.1, 0.15) is 12.1 Å². The number of aryl methyl sites for hydroxylation is 2. The molecular formula is C29H36N8. The van der Waals surface area contributed by atoms with Crippen LogP contribution in [0.25, 0.3) is 16.7 Å². The molecule has 2 aliphatic rings. The Morgan fingerprint density at radius 1 is 0.811 bits per heavy atom. The highest BCUT2D eigenvalue weighted by atomic mass is 15.3. The van der Waals surface area contributed by atoms with Gasteiger partial charge in [-0.25, -0.2) is 14.6 Å². The third-order valence-corrected chi connectivity index (χ3v) is 8.07. The standard InChI is InChI=1S/C29H36N8/c1-21-5-4-6-22(2)27(21)33-28-26-19-32-37(29(26)31-20-30-28)25-9-7-23(8-10-25)35-15-17-36(18-16-35)24-11-13-34(3)14-12-24/h4-10,19-20,24H,11-18H2,1-3H3,(H,30,31,33). The predicted octanol–water partition coefficient (Wildman–Crippen LogP) is 4.39. The van der Waals surface area contributed by atoms with Crippen LogP contribution in [0.2, 0.25) is 0 Å². The summed E-state index contributed by atoms with van der Waals surface area (Å²) >= 11 is 0. The number of hydrogen-bond donors (Lipinski definition) is 1. The molecule has 4 heterocycles. The molecule has 2 aromatic carbocycles. The Morgan fingerprint density at radius 3 is 2.19 bits per heavy atom. The lowest BCUT2D eigenvalue weighted by atomic mass is 10.0. The molecule has 0 saturated carbocycles. The number of anilines is 3. The number of piperidine rings is 1. The van der Waals surface area contributed by atoms with E-state index in [2.05, 4.69) is 98.4 Å². The smallest absolute Gasteiger partial charge is 0.168 e. The van der Waals surface area contributed by atoms with Crippen LogP contribution in [0.3, 0.4) is 0 Å². The fraction of sp³-hybridized carbons (Fsp3) is 0.414. The van der Waals surface area contributed by atoms with Crippen molar-refractivity contribution in [2.75, 3.05) is 56.5 Å². The highest BCUT2D eigenvalue weighted by Crippen LogP contribution is 2.29. The van der Waals surface area contributed by atoms with Crippen LogP contribution in [-0.4, -0.2) is 81.9 Å². The van der Waals surface area contributed by atoms with E-state index in [0.29, 0.717) is 0 Å². The van der Waals surface area contributed by atoms with E-state index in [9.17, 15) is 0 Å². The zero-order valence-electron chi connectivity index (χ0n) is 22.1. The number of nitrogens with one attached hydrogen (secondary N) is 1. The Bertz CT molecular complexity index is 1340. The fourth-order valence-electron chi connectivity index (χ4n) is 5.77. The number of aromatic nitrogens is 4. The van der Waals surface area contributed by atoms with Crippen molar-refractivity contribution in [1.82, 2.24) is 29.5 Å². The first-order chi connectivity index (χ1) is 18.1. The highest BCUT2D eigenvalue weighted by Gasteiger charge is 2.26. The van der Waals surface area contributed by atoms with E-state index in [1.165, 1.54) is 42.7 Å². The van der Waals surface area contributed by atoms with Crippen LogP contribution < -0.4 is 10.2 Å². The van der Waals surface area contributed by atoms with Gasteiger partial charge in [-0.15, -0.1) is 0 Å². The molecule has 0 spiro atoms. The molecule has 2 aliphatic heterocycles. The van der Waals surface area contributed by atoms with Crippen molar-refractivity contribution in [3.05, 3.63) is 66.1 Å². The summed E-state index contributed by atoms with van der Waals surface area (Å²) < 4.78 is 1.90. The van der Waals surface area contributed by atoms with Crippen LogP contribution >= 0.6 is 0 Å². The van der Waals surface area contributed by atoms with Crippen molar-refractivity contribution >= 4 is 28.2 Å². The van der Waals surface area contributed by atoms with E-state index in [1.807, 2.05) is 10.9 Å². The molecule has 1 N–H and O–H groups in total. The molecule has 2 saturated heterocycles. The first kappa shape index (κ1) is 23.9. The minimum atomic E-state index is 0.755. The third kappa shape index (κ3) is 4.79. The molecule has 192 valence electrons. The molecular weight excluding hydrogens is 460 g/mol. The largest absolute Gasteiger partial charge is 0.369 e. The number of nitrogens with zero attached hydrogens (tertiary/aromatic N) is 7. The van der Waals surface area contributed by atoms with Crippen molar-refractivity contribution in [3.8, 4) is 5.69 Å². The van der Waals surface area contributed by atoms with Gasteiger partial charge in [0.05, 0.1) is 17.3 Å². The molecule has 0 unspecified atom stereocenters. The van der Waals surface area contributed by atoms with Crippen LogP contribution in [0.15, 0.2) is 55.0 Å². The number of piperazine rings is 1. The molecule has 0 atom stereocenters. The van der Waals surface area contributed by atoms with Crippen molar-refractivity contribution < 1.29 is 0 Å². The molecule has 8 heteroatoms. The quantitative estimate of drug-likeness (QED) is 0.440. The van der Waals surface area contributed by atoms with Gasteiger partial charge in [-0.1, -0.05) is 18.2 Å². The minimum absolute atomic E-state index is 0.755. The zero-order valence-corrected chi connectivity index (χ0v) is 22.1. The summed E-state index contributed by atoms with van der Waals surface area (Å²) in [4.78, 5) is 16.7. The number of para-hydroxylation sites is 1. The lowest BCUT2D eigenvalue weighted by molar-refractivity contribution is 0.115. The lowest BCUT2D eigenvalue weighted by Gasteiger charge is -2.42. The van der Waals surface area contributed by atoms with E-state index in [4.69, 9.17) is 0 Å². The van der Waals surface area contributed by atoms with E-state index in [1.54, 1.807) is 6.33 Å². The van der Waals surface area contributed by atoms with Crippen molar-refractivity contribution in [2.45, 2.75) is 32.7 Å². The Balaban J connectivity index is 1.16. The Kier molecular flexibility index (Phi) is 6.52. The molecule has 0 amide bonds. The molecule has 8 nitrogen and oxygen atoms in total. The summed E-state index contributed by atoms with van der Waals surface area (Å²) in [5.41, 5.74) is 6.51. The predicted molar refractivity (Wildman–Crippen MR) is 150 cm³/mol. The maximum atomic E-state index is 4.67. The van der Waals surface area contributed by atoms with E-state index in [-0.39, 0.29) is 0 Å². The van der Waals surface area contributed by atoms with Crippen molar-refractivity contribution in [1.29, 1.82) is 0 Å². The molecule has 0 radical (unpaired) electrons. The van der Waals surface area contributed by atoms with Crippen LogP contribution in [0.1, 0.15) is 24.0 Å². The van der Waals surface area contributed by atoms with Crippen molar-refractivity contribution in [3.63, 3.8) is 0 Å². The van der Waals surface area contributed by atoms with Gasteiger partial charge in [0, 0.05) is 43.6 Å². The van der Waals surface area contributed by atoms with Gasteiger partial charge in [0.15, 0.2) is 5.65 Å². The van der Waals surface area contributed by atoms with Crippen molar-refractivity contribution in [2.24, 2.45) is 0 Å². The summed E-state index contributed by atoms with van der Waals surface area (Å²) in [5.74, 6) is 0.771. The van der Waals surface area contributed by atoms with Gasteiger partial charge in [0.2, 0.25) is 0 Å². The molecule has 4 aromatic rings. The second-order valence-electron chi connectivity index (χ2n) is 10.5. The number of benzene rings is 2. The van der Waals surface area contributed by atoms with Gasteiger partial charge in [-0.05, 0) is 82.2 Å². The topological polar surface area (TPSA) is 65.4 Å². The van der Waals surface area contributed by atoms with E-state index < -0.39 is 0 Å². The number of rotatable bonds is 5. The second-order valence-corrected chi connectivity index (χ2v) is 10.5. The second kappa shape index (κ2) is 10.1. The van der Waals surface area contributed by atoms with Gasteiger partial charge >= 0.3 is 0 Å². The summed E-state index contributed by atoms with van der Waals surface area (Å²) in [7, 11) is 2.24. The Morgan fingerprint density at radius 2 is 1.49 bits per heavy atom. The first-order valence-electron chi connectivity index (χ1n) is 13.4. The van der Waals surface area contributed by atoms with Gasteiger partial charge in [-0.3, -0.25) is 4.90 Å². The van der Waals surface area contributed by atoms with Crippen LogP contribution in [0.4, 0.5) is 17.2 Å². The monoisotopic (exact) mass is 496 g/mol. The van der Waals surface area contributed by atoms with Gasteiger partial charge in [-0.2, -0.15) is 5.10 Å². The third-order valence-electron chi connectivity index (χ3n) is 8.07. The summed E-state index contributed by atoms with van der Waals surface area (Å²) in [6, 6.07) is 15.8. The van der Waals surface area contributed by atoms with E-state index in [0.717, 1.165) is 60.4 Å². The summed E-state index contributed by atoms with van der Waals surface area (Å²) in [6.45, 7) is 11.1. The normalized spacial score (nSPS) is 18.0. The number of fused-ring (bicyclic) bond motifs is 1. The van der Waals surface area contributed by atoms with Gasteiger partial charge in [0.25, 0.3) is 0 Å². The summed E-state index contributed by atoms with van der Waals surface area (Å²) in [5, 5.41) is 9.09. The molecule has 37 heavy (non-hydrogen) atoms. The molecule has 2 fully saturated rings.